The molecule has 0 bridgehead atoms. The molecule has 0 radical (unpaired) electrons. The molecule has 76 valence electrons. The van der Waals surface area contributed by atoms with Crippen LogP contribution in [0.5, 0.6) is 0 Å². The SMILES string of the molecule is CS(=O)(=O)C(=O)CC1CCCNC1. The van der Waals surface area contributed by atoms with Gasteiger partial charge in [-0.15, -0.1) is 0 Å². The van der Waals surface area contributed by atoms with Crippen molar-refractivity contribution in [1.82, 2.24) is 5.32 Å². The van der Waals surface area contributed by atoms with Gasteiger partial charge in [-0.25, -0.2) is 8.42 Å². The second-order valence-electron chi connectivity index (χ2n) is 3.56. The summed E-state index contributed by atoms with van der Waals surface area (Å²) in [5.41, 5.74) is 0. The summed E-state index contributed by atoms with van der Waals surface area (Å²) in [4.78, 5) is 11.1. The minimum atomic E-state index is -3.47. The first kappa shape index (κ1) is 10.7. The van der Waals surface area contributed by atoms with Crippen molar-refractivity contribution in [3.8, 4) is 0 Å². The number of hydrogen-bond donors (Lipinski definition) is 1. The van der Waals surface area contributed by atoms with E-state index >= 15 is 0 Å². The van der Waals surface area contributed by atoms with Crippen LogP contribution >= 0.6 is 0 Å². The molecule has 0 amide bonds. The molecule has 0 spiro atoms. The summed E-state index contributed by atoms with van der Waals surface area (Å²) in [6.07, 6.45) is 3.13. The zero-order chi connectivity index (χ0) is 9.90. The molecule has 13 heavy (non-hydrogen) atoms. The first-order chi connectivity index (χ1) is 6.00. The number of rotatable bonds is 2. The van der Waals surface area contributed by atoms with E-state index in [0.29, 0.717) is 0 Å². The summed E-state index contributed by atoms with van der Waals surface area (Å²) >= 11 is 0. The average Bonchev–Trinajstić information content (AvgIpc) is 2.04. The molecule has 1 aliphatic heterocycles. The molecule has 0 saturated carbocycles. The van der Waals surface area contributed by atoms with Crippen LogP contribution in [0.3, 0.4) is 0 Å². The third kappa shape index (κ3) is 3.44. The molecule has 1 heterocycles. The van der Waals surface area contributed by atoms with Crippen LogP contribution in [-0.2, 0) is 14.6 Å². The summed E-state index contributed by atoms with van der Waals surface area (Å²) in [6, 6.07) is 0. The molecular formula is C8H15NO3S. The Morgan fingerprint density at radius 3 is 2.69 bits per heavy atom. The van der Waals surface area contributed by atoms with Gasteiger partial charge >= 0.3 is 0 Å². The average molecular weight is 205 g/mol. The minimum Gasteiger partial charge on any atom is -0.316 e. The van der Waals surface area contributed by atoms with Gasteiger partial charge in [0.25, 0.3) is 0 Å². The standard InChI is InChI=1S/C8H15NO3S/c1-13(11,12)8(10)5-7-3-2-4-9-6-7/h7,9H,2-6H2,1H3. The van der Waals surface area contributed by atoms with Gasteiger partial charge in [0.05, 0.1) is 0 Å². The first-order valence-electron chi connectivity index (χ1n) is 4.44. The molecule has 4 nitrogen and oxygen atoms in total. The van der Waals surface area contributed by atoms with Crippen LogP contribution in [0.15, 0.2) is 0 Å². The minimum absolute atomic E-state index is 0.172. The molecule has 5 heteroatoms. The maximum absolute atomic E-state index is 11.1. The van der Waals surface area contributed by atoms with Crippen molar-refractivity contribution in [2.45, 2.75) is 19.3 Å². The summed E-state index contributed by atoms with van der Waals surface area (Å²) < 4.78 is 21.7. The number of carbonyl (C=O) groups is 1. The highest BCUT2D eigenvalue weighted by atomic mass is 32.2. The van der Waals surface area contributed by atoms with Crippen LogP contribution < -0.4 is 5.32 Å². The number of carbonyl (C=O) groups excluding carboxylic acids is 1. The van der Waals surface area contributed by atoms with Gasteiger partial charge in [0, 0.05) is 12.7 Å². The molecule has 0 aromatic heterocycles. The Morgan fingerprint density at radius 1 is 1.54 bits per heavy atom. The highest BCUT2D eigenvalue weighted by Crippen LogP contribution is 2.15. The van der Waals surface area contributed by atoms with Crippen LogP contribution in [0, 0.1) is 5.92 Å². The van der Waals surface area contributed by atoms with Crippen molar-refractivity contribution in [2.75, 3.05) is 19.3 Å². The molecule has 0 aromatic rings. The van der Waals surface area contributed by atoms with Crippen molar-refractivity contribution in [1.29, 1.82) is 0 Å². The van der Waals surface area contributed by atoms with E-state index in [1.807, 2.05) is 0 Å². The topological polar surface area (TPSA) is 63.2 Å². The first-order valence-corrected chi connectivity index (χ1v) is 6.33. The number of nitrogens with one attached hydrogen (secondary N) is 1. The maximum Gasteiger partial charge on any atom is 0.246 e. The normalized spacial score (nSPS) is 24.2. The van der Waals surface area contributed by atoms with E-state index in [0.717, 1.165) is 32.2 Å². The zero-order valence-electron chi connectivity index (χ0n) is 7.75. The summed E-state index contributed by atoms with van der Waals surface area (Å²) in [5, 5.41) is 2.52. The predicted molar refractivity (Wildman–Crippen MR) is 50.1 cm³/mol. The van der Waals surface area contributed by atoms with Crippen molar-refractivity contribution in [2.24, 2.45) is 5.92 Å². The lowest BCUT2D eigenvalue weighted by molar-refractivity contribution is -0.112. The fourth-order valence-corrected chi connectivity index (χ4v) is 2.02. The van der Waals surface area contributed by atoms with E-state index < -0.39 is 15.0 Å². The van der Waals surface area contributed by atoms with Crippen molar-refractivity contribution < 1.29 is 13.2 Å². The monoisotopic (exact) mass is 205 g/mol. The molecule has 1 N–H and O–H groups in total. The second-order valence-corrected chi connectivity index (χ2v) is 5.56. The Hall–Kier alpha value is -0.420. The molecular weight excluding hydrogens is 190 g/mol. The van der Waals surface area contributed by atoms with E-state index in [1.54, 1.807) is 0 Å². The molecule has 1 rings (SSSR count). The van der Waals surface area contributed by atoms with E-state index in [1.165, 1.54) is 0 Å². The smallest absolute Gasteiger partial charge is 0.246 e. The van der Waals surface area contributed by atoms with Crippen LogP contribution in [0.1, 0.15) is 19.3 Å². The van der Waals surface area contributed by atoms with Gasteiger partial charge < -0.3 is 5.32 Å². The molecule has 1 fully saturated rings. The highest BCUT2D eigenvalue weighted by molar-refractivity contribution is 8.05. The lowest BCUT2D eigenvalue weighted by Gasteiger charge is -2.21. The van der Waals surface area contributed by atoms with Gasteiger partial charge in [-0.3, -0.25) is 4.79 Å². The quantitative estimate of drug-likeness (QED) is 0.686. The van der Waals surface area contributed by atoms with Crippen LogP contribution in [0.2, 0.25) is 0 Å². The largest absolute Gasteiger partial charge is 0.316 e. The third-order valence-electron chi connectivity index (χ3n) is 2.27. The summed E-state index contributed by atoms with van der Waals surface area (Å²) in [6.45, 7) is 1.74. The Balaban J connectivity index is 2.44. The summed E-state index contributed by atoms with van der Waals surface area (Å²) in [7, 11) is -3.47. The van der Waals surface area contributed by atoms with E-state index in [2.05, 4.69) is 5.32 Å². The van der Waals surface area contributed by atoms with E-state index in [9.17, 15) is 13.2 Å². The molecule has 1 saturated heterocycles. The molecule has 1 atom stereocenters. The molecule has 0 aliphatic carbocycles. The lowest BCUT2D eigenvalue weighted by atomic mass is 9.97. The van der Waals surface area contributed by atoms with Crippen LogP contribution in [-0.4, -0.2) is 32.9 Å². The Labute approximate surface area is 78.6 Å². The van der Waals surface area contributed by atoms with E-state index in [4.69, 9.17) is 0 Å². The zero-order valence-corrected chi connectivity index (χ0v) is 8.56. The fourth-order valence-electron chi connectivity index (χ4n) is 1.49. The van der Waals surface area contributed by atoms with Gasteiger partial charge in [0.1, 0.15) is 0 Å². The predicted octanol–water partition coefficient (Wildman–Crippen LogP) is -0.0527. The van der Waals surface area contributed by atoms with Gasteiger partial charge in [0.2, 0.25) is 15.0 Å². The Bertz CT molecular complexity index is 278. The Kier molecular flexibility index (Phi) is 3.44. The maximum atomic E-state index is 11.1. The molecule has 1 aliphatic rings. The number of hydrogen-bond acceptors (Lipinski definition) is 4. The third-order valence-corrected chi connectivity index (χ3v) is 3.26. The second kappa shape index (κ2) is 4.19. The summed E-state index contributed by atoms with van der Waals surface area (Å²) in [5.74, 6) is 0.205. The van der Waals surface area contributed by atoms with Crippen LogP contribution in [0.4, 0.5) is 0 Å². The van der Waals surface area contributed by atoms with Crippen molar-refractivity contribution in [3.63, 3.8) is 0 Å². The van der Waals surface area contributed by atoms with E-state index in [-0.39, 0.29) is 12.3 Å². The van der Waals surface area contributed by atoms with Gasteiger partial charge in [0.15, 0.2) is 0 Å². The van der Waals surface area contributed by atoms with Gasteiger partial charge in [-0.1, -0.05) is 0 Å². The Morgan fingerprint density at radius 2 is 2.23 bits per heavy atom. The van der Waals surface area contributed by atoms with Gasteiger partial charge in [-0.2, -0.15) is 0 Å². The lowest BCUT2D eigenvalue weighted by Crippen LogP contribution is -2.32. The van der Waals surface area contributed by atoms with Gasteiger partial charge in [-0.05, 0) is 31.8 Å². The van der Waals surface area contributed by atoms with Crippen molar-refractivity contribution >= 4 is 15.0 Å². The molecule has 0 aromatic carbocycles. The van der Waals surface area contributed by atoms with Crippen molar-refractivity contribution in [3.05, 3.63) is 0 Å². The number of piperidine rings is 1. The van der Waals surface area contributed by atoms with Crippen LogP contribution in [0.25, 0.3) is 0 Å². The number of sulfone groups is 1. The fraction of sp³-hybridized carbons (Fsp3) is 0.875. The highest BCUT2D eigenvalue weighted by Gasteiger charge is 2.22. The molecule has 1 unspecified atom stereocenters.